The highest BCUT2D eigenvalue weighted by atomic mass is 19.1. The third-order valence-electron chi connectivity index (χ3n) is 9.69. The van der Waals surface area contributed by atoms with Gasteiger partial charge in [-0.05, 0) is 55.0 Å². The maximum absolute atomic E-state index is 14.5. The SMILES string of the molecule is CC(C)C[C@H]1NC(=O)c2cc(F)ccc2OCc2cn(nn2)CCCCCCCCNC(=O)[C@H](Cc2cccnc2)N(C)C(=O)[C@H]2C[C@H](O)CN2C1=O. The highest BCUT2D eigenvalue weighted by molar-refractivity contribution is 6.00. The molecule has 0 radical (unpaired) electrons. The zero-order valence-corrected chi connectivity index (χ0v) is 30.7. The van der Waals surface area contributed by atoms with E-state index >= 15 is 0 Å². The molecule has 286 valence electrons. The van der Waals surface area contributed by atoms with Crippen molar-refractivity contribution in [3.63, 3.8) is 0 Å². The summed E-state index contributed by atoms with van der Waals surface area (Å²) in [6.07, 6.45) is 10.1. The molecule has 3 N–H and O–H groups in total. The van der Waals surface area contributed by atoms with Gasteiger partial charge in [-0.25, -0.2) is 4.39 Å². The van der Waals surface area contributed by atoms with Gasteiger partial charge in [0.05, 0.1) is 17.9 Å². The topological polar surface area (TPSA) is 172 Å². The van der Waals surface area contributed by atoms with Crippen molar-refractivity contribution in [1.82, 2.24) is 40.4 Å². The van der Waals surface area contributed by atoms with E-state index < -0.39 is 47.8 Å². The van der Waals surface area contributed by atoms with Gasteiger partial charge in [0, 0.05) is 51.9 Å². The summed E-state index contributed by atoms with van der Waals surface area (Å²) in [6.45, 7) is 4.75. The number of amides is 4. The summed E-state index contributed by atoms with van der Waals surface area (Å²) >= 11 is 0. The number of aliphatic hydroxyl groups excluding tert-OH is 1. The summed E-state index contributed by atoms with van der Waals surface area (Å²) in [7, 11) is 1.53. The smallest absolute Gasteiger partial charge is 0.255 e. The van der Waals surface area contributed by atoms with Gasteiger partial charge in [-0.3, -0.25) is 28.8 Å². The second-order valence-electron chi connectivity index (χ2n) is 14.4. The Labute approximate surface area is 309 Å². The molecule has 53 heavy (non-hydrogen) atoms. The third kappa shape index (κ3) is 10.8. The first-order valence-electron chi connectivity index (χ1n) is 18.5. The van der Waals surface area contributed by atoms with Crippen LogP contribution in [0.25, 0.3) is 0 Å². The Balaban J connectivity index is 1.43. The van der Waals surface area contributed by atoms with Crippen LogP contribution in [0.5, 0.6) is 5.75 Å². The van der Waals surface area contributed by atoms with Gasteiger partial charge in [-0.1, -0.05) is 50.8 Å². The number of rotatable bonds is 4. The van der Waals surface area contributed by atoms with Crippen molar-refractivity contribution in [2.24, 2.45) is 5.92 Å². The zero-order chi connectivity index (χ0) is 37.9. The van der Waals surface area contributed by atoms with Gasteiger partial charge in [0.25, 0.3) is 5.91 Å². The molecule has 1 aromatic carbocycles. The number of benzene rings is 1. The van der Waals surface area contributed by atoms with Crippen LogP contribution in [0, 0.1) is 11.7 Å². The molecule has 2 aromatic heterocycles. The Kier molecular flexibility index (Phi) is 13.9. The number of halogens is 1. The van der Waals surface area contributed by atoms with E-state index in [0.717, 1.165) is 50.2 Å². The molecule has 5 rings (SSSR count). The highest BCUT2D eigenvalue weighted by Crippen LogP contribution is 2.26. The molecule has 0 unspecified atom stereocenters. The number of aryl methyl sites for hydroxylation is 1. The van der Waals surface area contributed by atoms with Crippen molar-refractivity contribution < 1.29 is 33.4 Å². The fourth-order valence-electron chi connectivity index (χ4n) is 6.86. The standard InChI is InChI=1S/C38H51FN8O6/c1-25(2)17-31-37(51)47-23-29(48)20-33(47)38(52)45(3)32(18-26-11-10-14-40-21-26)36(50)41-15-8-6-4-5-7-9-16-46-22-28(43-44-46)24-53-34-13-12-27(39)19-30(34)35(49)42-31/h10-14,19,21-22,25,29,31-33,48H,4-9,15-18,20,23-24H2,1-3H3,(H,41,50)(H,42,49)/t29-,31+,32-,33+/m0/s1. The maximum atomic E-state index is 14.5. The Morgan fingerprint density at radius 3 is 2.57 bits per heavy atom. The Morgan fingerprint density at radius 2 is 1.81 bits per heavy atom. The molecule has 4 heterocycles. The molecule has 1 saturated heterocycles. The van der Waals surface area contributed by atoms with Gasteiger partial charge in [0.1, 0.15) is 42.0 Å². The minimum Gasteiger partial charge on any atom is -0.486 e. The zero-order valence-electron chi connectivity index (χ0n) is 30.7. The lowest BCUT2D eigenvalue weighted by molar-refractivity contribution is -0.147. The number of hydrogen-bond acceptors (Lipinski definition) is 9. The quantitative estimate of drug-likeness (QED) is 0.365. The first-order chi connectivity index (χ1) is 25.5. The van der Waals surface area contributed by atoms with Crippen molar-refractivity contribution in [1.29, 1.82) is 0 Å². The number of likely N-dealkylation sites (N-methyl/N-ethyl adjacent to an activating group) is 1. The summed E-state index contributed by atoms with van der Waals surface area (Å²) in [5, 5.41) is 24.9. The minimum absolute atomic E-state index is 0.0123. The van der Waals surface area contributed by atoms with Crippen LogP contribution in [0.2, 0.25) is 0 Å². The first-order valence-corrected chi connectivity index (χ1v) is 18.5. The molecule has 1 fully saturated rings. The number of aromatic nitrogens is 4. The van der Waals surface area contributed by atoms with Gasteiger partial charge in [-0.15, -0.1) is 5.10 Å². The van der Waals surface area contributed by atoms with Gasteiger partial charge < -0.3 is 30.3 Å². The van der Waals surface area contributed by atoms with Crippen LogP contribution in [0.1, 0.15) is 86.8 Å². The molecular formula is C38H51FN8O6. The average molecular weight is 735 g/mol. The summed E-state index contributed by atoms with van der Waals surface area (Å²) in [6, 6.07) is 4.06. The number of fused-ring (bicyclic) bond motifs is 4. The van der Waals surface area contributed by atoms with Crippen LogP contribution in [0.4, 0.5) is 4.39 Å². The second kappa shape index (κ2) is 18.7. The molecule has 4 atom stereocenters. The monoisotopic (exact) mass is 734 g/mol. The normalized spacial score (nSPS) is 23.2. The average Bonchev–Trinajstić information content (AvgIpc) is 3.77. The third-order valence-corrected chi connectivity index (χ3v) is 9.69. The number of carbonyl (C=O) groups excluding carboxylic acids is 4. The summed E-state index contributed by atoms with van der Waals surface area (Å²) in [5.74, 6) is -2.77. The van der Waals surface area contributed by atoms with Crippen molar-refractivity contribution in [3.8, 4) is 5.75 Å². The van der Waals surface area contributed by atoms with Crippen LogP contribution in [-0.4, -0.2) is 103 Å². The number of nitrogens with zero attached hydrogens (tertiary/aromatic N) is 6. The first kappa shape index (κ1) is 39.3. The summed E-state index contributed by atoms with van der Waals surface area (Å²) in [5.41, 5.74) is 1.18. The molecule has 14 nitrogen and oxygen atoms in total. The van der Waals surface area contributed by atoms with Gasteiger partial charge >= 0.3 is 0 Å². The predicted molar refractivity (Wildman–Crippen MR) is 193 cm³/mol. The number of nitrogens with one attached hydrogen (secondary N) is 2. The molecule has 2 aliphatic rings. The van der Waals surface area contributed by atoms with E-state index in [9.17, 15) is 28.7 Å². The van der Waals surface area contributed by atoms with Gasteiger partial charge in [0.2, 0.25) is 17.7 Å². The van der Waals surface area contributed by atoms with Crippen LogP contribution in [0.15, 0.2) is 48.9 Å². The van der Waals surface area contributed by atoms with E-state index in [0.29, 0.717) is 18.8 Å². The molecule has 15 heteroatoms. The molecule has 3 aromatic rings. The van der Waals surface area contributed by atoms with Crippen molar-refractivity contribution in [3.05, 3.63) is 71.6 Å². The van der Waals surface area contributed by atoms with Gasteiger partial charge in [-0.2, -0.15) is 0 Å². The van der Waals surface area contributed by atoms with Crippen molar-refractivity contribution in [2.45, 2.75) is 109 Å². The Morgan fingerprint density at radius 1 is 1.04 bits per heavy atom. The number of aliphatic hydroxyl groups is 1. The van der Waals surface area contributed by atoms with Crippen LogP contribution in [0.3, 0.4) is 0 Å². The van der Waals surface area contributed by atoms with Crippen LogP contribution >= 0.6 is 0 Å². The molecule has 0 spiro atoms. The predicted octanol–water partition coefficient (Wildman–Crippen LogP) is 3.04. The van der Waals surface area contributed by atoms with Crippen LogP contribution in [-0.2, 0) is 34.0 Å². The molecule has 4 amide bonds. The van der Waals surface area contributed by atoms with Crippen molar-refractivity contribution in [2.75, 3.05) is 20.1 Å². The molecule has 2 bridgehead atoms. The molecule has 0 saturated carbocycles. The molecule has 2 aliphatic heterocycles. The summed E-state index contributed by atoms with van der Waals surface area (Å²) < 4.78 is 22.2. The largest absolute Gasteiger partial charge is 0.486 e. The number of pyridine rings is 1. The van der Waals surface area contributed by atoms with Crippen molar-refractivity contribution >= 4 is 23.6 Å². The Bertz CT molecular complexity index is 1700. The number of carbonyl (C=O) groups is 4. The lowest BCUT2D eigenvalue weighted by Gasteiger charge is -2.34. The van der Waals surface area contributed by atoms with E-state index in [1.54, 1.807) is 29.3 Å². The minimum atomic E-state index is -1.11. The lowest BCUT2D eigenvalue weighted by atomic mass is 10.0. The maximum Gasteiger partial charge on any atom is 0.255 e. The van der Waals surface area contributed by atoms with E-state index in [1.165, 1.54) is 29.0 Å². The Hall–Kier alpha value is -4.92. The van der Waals surface area contributed by atoms with E-state index in [2.05, 4.69) is 25.9 Å². The number of hydrogen-bond donors (Lipinski definition) is 3. The second-order valence-corrected chi connectivity index (χ2v) is 14.4. The molecule has 0 aliphatic carbocycles. The van der Waals surface area contributed by atoms with E-state index in [4.69, 9.17) is 4.74 Å². The number of ether oxygens (including phenoxy) is 1. The van der Waals surface area contributed by atoms with E-state index in [1.807, 2.05) is 19.9 Å². The fourth-order valence-corrected chi connectivity index (χ4v) is 6.86. The lowest BCUT2D eigenvalue weighted by Crippen LogP contribution is -2.57. The summed E-state index contributed by atoms with van der Waals surface area (Å²) in [4.78, 5) is 62.8. The van der Waals surface area contributed by atoms with Crippen LogP contribution < -0.4 is 15.4 Å². The highest BCUT2D eigenvalue weighted by Gasteiger charge is 2.44. The van der Waals surface area contributed by atoms with Gasteiger partial charge in [0.15, 0.2) is 0 Å². The fraction of sp³-hybridized carbons (Fsp3) is 0.553. The molecular weight excluding hydrogens is 683 g/mol. The van der Waals surface area contributed by atoms with E-state index in [-0.39, 0.29) is 55.6 Å².